The normalized spacial score (nSPS) is 10.8. The van der Waals surface area contributed by atoms with Crippen molar-refractivity contribution < 1.29 is 4.92 Å². The van der Waals surface area contributed by atoms with E-state index in [2.05, 4.69) is 4.90 Å². The van der Waals surface area contributed by atoms with Crippen molar-refractivity contribution in [2.75, 3.05) is 24.8 Å². The van der Waals surface area contributed by atoms with Gasteiger partial charge in [-0.25, -0.2) is 0 Å². The Hall–Kier alpha value is -0.840. The Balaban J connectivity index is 2.62. The number of hydrogen-bond acceptors (Lipinski definition) is 3. The number of alkyl halides is 2. The van der Waals surface area contributed by atoms with Crippen LogP contribution >= 0.6 is 23.2 Å². The molecule has 0 bridgehead atoms. The molecular formula is C11H14Cl2N2O2. The van der Waals surface area contributed by atoms with E-state index in [-0.39, 0.29) is 5.69 Å². The van der Waals surface area contributed by atoms with E-state index in [0.717, 1.165) is 18.7 Å². The van der Waals surface area contributed by atoms with Gasteiger partial charge in [0.1, 0.15) is 0 Å². The number of non-ortho nitro benzene ring substituents is 1. The van der Waals surface area contributed by atoms with Crippen molar-refractivity contribution in [1.29, 1.82) is 0 Å². The maximum Gasteiger partial charge on any atom is 0.269 e. The van der Waals surface area contributed by atoms with Gasteiger partial charge < -0.3 is 0 Å². The second-order valence-electron chi connectivity index (χ2n) is 3.58. The Bertz CT molecular complexity index is 351. The van der Waals surface area contributed by atoms with E-state index >= 15 is 0 Å². The maximum atomic E-state index is 10.5. The summed E-state index contributed by atoms with van der Waals surface area (Å²) in [5.41, 5.74) is 1.13. The molecule has 4 nitrogen and oxygen atoms in total. The predicted molar refractivity (Wildman–Crippen MR) is 69.8 cm³/mol. The molecule has 0 amide bonds. The van der Waals surface area contributed by atoms with E-state index in [1.807, 2.05) is 0 Å². The van der Waals surface area contributed by atoms with Crippen LogP contribution in [0.25, 0.3) is 0 Å². The molecule has 0 saturated heterocycles. The number of rotatable bonds is 7. The number of nitro benzene ring substituents is 1. The van der Waals surface area contributed by atoms with E-state index in [9.17, 15) is 10.1 Å². The predicted octanol–water partition coefficient (Wildman–Crippen LogP) is 2.87. The smallest absolute Gasteiger partial charge is 0.269 e. The van der Waals surface area contributed by atoms with E-state index in [1.54, 1.807) is 12.1 Å². The first-order valence-electron chi connectivity index (χ1n) is 5.25. The van der Waals surface area contributed by atoms with Gasteiger partial charge in [0.15, 0.2) is 0 Å². The number of hydrogen-bond donors (Lipinski definition) is 0. The highest BCUT2D eigenvalue weighted by molar-refractivity contribution is 6.18. The van der Waals surface area contributed by atoms with Crippen LogP contribution in [0.15, 0.2) is 24.3 Å². The monoisotopic (exact) mass is 276 g/mol. The minimum atomic E-state index is -0.404. The molecule has 0 saturated carbocycles. The summed E-state index contributed by atoms with van der Waals surface area (Å²) >= 11 is 11.4. The Labute approximate surface area is 110 Å². The van der Waals surface area contributed by atoms with Gasteiger partial charge in [0, 0.05) is 43.5 Å². The van der Waals surface area contributed by atoms with Crippen molar-refractivity contribution in [1.82, 2.24) is 4.90 Å². The van der Waals surface area contributed by atoms with Crippen LogP contribution in [0.2, 0.25) is 0 Å². The molecule has 0 aliphatic rings. The molecule has 1 aromatic carbocycles. The Kier molecular flexibility index (Phi) is 6.26. The van der Waals surface area contributed by atoms with Crippen molar-refractivity contribution in [2.45, 2.75) is 6.54 Å². The average molecular weight is 277 g/mol. The molecule has 0 heterocycles. The van der Waals surface area contributed by atoms with Crippen molar-refractivity contribution in [3.8, 4) is 0 Å². The maximum absolute atomic E-state index is 10.5. The van der Waals surface area contributed by atoms with Crippen LogP contribution in [0, 0.1) is 10.1 Å². The summed E-state index contributed by atoms with van der Waals surface area (Å²) in [6.07, 6.45) is 0. The van der Waals surface area contributed by atoms with Gasteiger partial charge in [0.05, 0.1) is 4.92 Å². The zero-order chi connectivity index (χ0) is 12.7. The second kappa shape index (κ2) is 7.48. The lowest BCUT2D eigenvalue weighted by molar-refractivity contribution is -0.384. The van der Waals surface area contributed by atoms with Gasteiger partial charge in [-0.1, -0.05) is 12.1 Å². The Morgan fingerprint density at radius 3 is 2.06 bits per heavy atom. The summed E-state index contributed by atoms with van der Waals surface area (Å²) in [4.78, 5) is 12.2. The van der Waals surface area contributed by atoms with Crippen LogP contribution in [0.4, 0.5) is 5.69 Å². The number of nitrogens with zero attached hydrogens (tertiary/aromatic N) is 2. The second-order valence-corrected chi connectivity index (χ2v) is 4.33. The summed E-state index contributed by atoms with van der Waals surface area (Å²) in [5.74, 6) is 1.09. The summed E-state index contributed by atoms with van der Waals surface area (Å²) in [5, 5.41) is 10.5. The van der Waals surface area contributed by atoms with Gasteiger partial charge in [-0.3, -0.25) is 15.0 Å². The third-order valence-electron chi connectivity index (χ3n) is 2.35. The summed E-state index contributed by atoms with van der Waals surface area (Å²) < 4.78 is 0. The van der Waals surface area contributed by atoms with Crippen molar-refractivity contribution in [3.63, 3.8) is 0 Å². The molecule has 6 heteroatoms. The quantitative estimate of drug-likeness (QED) is 0.437. The molecule has 1 aromatic rings. The first kappa shape index (κ1) is 14.2. The number of halogens is 2. The first-order valence-corrected chi connectivity index (χ1v) is 6.32. The number of nitro groups is 1. The minimum Gasteiger partial charge on any atom is -0.297 e. The lowest BCUT2D eigenvalue weighted by atomic mass is 10.2. The molecule has 0 N–H and O–H groups in total. The fraction of sp³-hybridized carbons (Fsp3) is 0.455. The molecular weight excluding hydrogens is 263 g/mol. The van der Waals surface area contributed by atoms with Gasteiger partial charge >= 0.3 is 0 Å². The van der Waals surface area contributed by atoms with Crippen molar-refractivity contribution in [3.05, 3.63) is 39.9 Å². The summed E-state index contributed by atoms with van der Waals surface area (Å²) in [6.45, 7) is 2.22. The van der Waals surface area contributed by atoms with Crippen LogP contribution in [-0.4, -0.2) is 34.7 Å². The van der Waals surface area contributed by atoms with Crippen LogP contribution in [-0.2, 0) is 6.54 Å². The Morgan fingerprint density at radius 2 is 1.65 bits per heavy atom. The van der Waals surface area contributed by atoms with Gasteiger partial charge in [-0.2, -0.15) is 0 Å². The van der Waals surface area contributed by atoms with Crippen LogP contribution in [0.1, 0.15) is 5.56 Å². The topological polar surface area (TPSA) is 46.4 Å². The summed E-state index contributed by atoms with van der Waals surface area (Å²) in [7, 11) is 0. The van der Waals surface area contributed by atoms with Gasteiger partial charge in [0.25, 0.3) is 5.69 Å². The van der Waals surface area contributed by atoms with E-state index in [0.29, 0.717) is 18.3 Å². The highest BCUT2D eigenvalue weighted by Gasteiger charge is 2.07. The highest BCUT2D eigenvalue weighted by Crippen LogP contribution is 2.13. The molecule has 0 spiro atoms. The average Bonchev–Trinajstić information content (AvgIpc) is 2.30. The zero-order valence-corrected chi connectivity index (χ0v) is 10.8. The molecule has 0 atom stereocenters. The SMILES string of the molecule is O=[N+]([O-])c1ccc(CN(CCCl)CCCl)cc1. The van der Waals surface area contributed by atoms with Crippen LogP contribution in [0.3, 0.4) is 0 Å². The molecule has 0 aromatic heterocycles. The molecule has 1 rings (SSSR count). The van der Waals surface area contributed by atoms with Crippen LogP contribution in [0.5, 0.6) is 0 Å². The Morgan fingerprint density at radius 1 is 1.12 bits per heavy atom. The molecule has 0 radical (unpaired) electrons. The van der Waals surface area contributed by atoms with E-state index in [1.165, 1.54) is 12.1 Å². The zero-order valence-electron chi connectivity index (χ0n) is 9.31. The van der Waals surface area contributed by atoms with E-state index < -0.39 is 4.92 Å². The van der Waals surface area contributed by atoms with Gasteiger partial charge in [-0.05, 0) is 5.56 Å². The van der Waals surface area contributed by atoms with Gasteiger partial charge in [-0.15, -0.1) is 23.2 Å². The fourth-order valence-corrected chi connectivity index (χ4v) is 1.97. The lowest BCUT2D eigenvalue weighted by Gasteiger charge is -2.19. The minimum absolute atomic E-state index is 0.106. The largest absolute Gasteiger partial charge is 0.297 e. The van der Waals surface area contributed by atoms with E-state index in [4.69, 9.17) is 23.2 Å². The first-order chi connectivity index (χ1) is 8.17. The molecule has 94 valence electrons. The van der Waals surface area contributed by atoms with Gasteiger partial charge in [0.2, 0.25) is 0 Å². The molecule has 0 unspecified atom stereocenters. The third-order valence-corrected chi connectivity index (χ3v) is 2.69. The van der Waals surface area contributed by atoms with Crippen molar-refractivity contribution >= 4 is 28.9 Å². The number of benzene rings is 1. The standard InChI is InChI=1S/C11H14Cl2N2O2/c12-5-7-14(8-6-13)9-10-1-3-11(4-2-10)15(16)17/h1-4H,5-9H2. The van der Waals surface area contributed by atoms with Crippen molar-refractivity contribution in [2.24, 2.45) is 0 Å². The third kappa shape index (κ3) is 4.89. The molecule has 17 heavy (non-hydrogen) atoms. The molecule has 0 aliphatic carbocycles. The lowest BCUT2D eigenvalue weighted by Crippen LogP contribution is -2.27. The van der Waals surface area contributed by atoms with Crippen LogP contribution < -0.4 is 0 Å². The molecule has 0 aliphatic heterocycles. The summed E-state index contributed by atoms with van der Waals surface area (Å²) in [6, 6.07) is 6.53. The molecule has 0 fully saturated rings. The fourth-order valence-electron chi connectivity index (χ4n) is 1.49. The highest BCUT2D eigenvalue weighted by atomic mass is 35.5.